The average Bonchev–Trinajstić information content (AvgIpc) is 3.34. The van der Waals surface area contributed by atoms with Gasteiger partial charge in [0.2, 0.25) is 0 Å². The van der Waals surface area contributed by atoms with Crippen LogP contribution in [0.15, 0.2) is 0 Å². The van der Waals surface area contributed by atoms with Crippen LogP contribution in [0.25, 0.3) is 0 Å². The third kappa shape index (κ3) is 11.6. The average molecular weight is 354 g/mol. The van der Waals surface area contributed by atoms with Crippen molar-refractivity contribution in [3.8, 4) is 0 Å². The van der Waals surface area contributed by atoms with Crippen molar-refractivity contribution in [2.24, 2.45) is 5.92 Å². The molecule has 3 heteroatoms. The molecule has 0 aromatic rings. The highest BCUT2D eigenvalue weighted by Gasteiger charge is 2.36. The summed E-state index contributed by atoms with van der Waals surface area (Å²) in [6.07, 6.45) is 19.9. The van der Waals surface area contributed by atoms with Crippen molar-refractivity contribution in [1.82, 2.24) is 0 Å². The van der Waals surface area contributed by atoms with Gasteiger partial charge in [-0.3, -0.25) is 0 Å². The Labute approximate surface area is 155 Å². The van der Waals surface area contributed by atoms with E-state index in [0.717, 1.165) is 38.5 Å². The molecule has 0 aliphatic carbocycles. The van der Waals surface area contributed by atoms with Crippen LogP contribution in [0.4, 0.5) is 0 Å². The molecule has 0 amide bonds. The monoisotopic (exact) mass is 353 g/mol. The highest BCUT2D eigenvalue weighted by molar-refractivity contribution is 5.67. The number of carbonyl (C=O) groups excluding carboxylic acids is 1. The van der Waals surface area contributed by atoms with Gasteiger partial charge in [0.25, 0.3) is 0 Å². The number of carboxylic acid groups (broad SMARTS) is 1. The number of aliphatic carboxylic acids is 1. The number of carboxylic acids is 1. The van der Waals surface area contributed by atoms with E-state index in [4.69, 9.17) is 4.74 Å². The fourth-order valence-corrected chi connectivity index (χ4v) is 3.73. The summed E-state index contributed by atoms with van der Waals surface area (Å²) in [5, 5.41) is 11.1. The molecule has 25 heavy (non-hydrogen) atoms. The Bertz CT molecular complexity index is 329. The molecular weight excluding hydrogens is 312 g/mol. The maximum Gasteiger partial charge on any atom is 0.0841 e. The molecule has 3 unspecified atom stereocenters. The Morgan fingerprint density at radius 1 is 0.760 bits per heavy atom. The molecule has 0 saturated carbocycles. The summed E-state index contributed by atoms with van der Waals surface area (Å²) in [6, 6.07) is 0. The Balaban J connectivity index is 1.88. The minimum Gasteiger partial charge on any atom is -0.550 e. The van der Waals surface area contributed by atoms with Gasteiger partial charge >= 0.3 is 0 Å². The molecular formula is C22H41O3-. The molecule has 1 heterocycles. The third-order valence-corrected chi connectivity index (χ3v) is 5.56. The van der Waals surface area contributed by atoms with Gasteiger partial charge in [-0.2, -0.15) is 0 Å². The predicted molar refractivity (Wildman–Crippen MR) is 102 cm³/mol. The maximum absolute atomic E-state index is 11.1. The smallest absolute Gasteiger partial charge is 0.0841 e. The normalized spacial score (nSPS) is 20.6. The van der Waals surface area contributed by atoms with E-state index in [0.29, 0.717) is 12.2 Å². The molecule has 3 nitrogen and oxygen atoms in total. The first-order valence-corrected chi connectivity index (χ1v) is 11.0. The molecule has 0 bridgehead atoms. The zero-order valence-corrected chi connectivity index (χ0v) is 16.8. The SMILES string of the molecule is CCCCCCCCC1OC1CCCCCCC(CCCC)C(=O)[O-]. The fourth-order valence-electron chi connectivity index (χ4n) is 3.73. The summed E-state index contributed by atoms with van der Waals surface area (Å²) in [4.78, 5) is 11.1. The molecule has 0 aromatic carbocycles. The lowest BCUT2D eigenvalue weighted by atomic mass is 9.95. The van der Waals surface area contributed by atoms with Crippen molar-refractivity contribution in [2.75, 3.05) is 0 Å². The van der Waals surface area contributed by atoms with E-state index in [1.807, 2.05) is 0 Å². The van der Waals surface area contributed by atoms with Gasteiger partial charge in [0.05, 0.1) is 12.2 Å². The number of carbonyl (C=O) groups is 1. The summed E-state index contributed by atoms with van der Waals surface area (Å²) in [7, 11) is 0. The fraction of sp³-hybridized carbons (Fsp3) is 0.955. The number of epoxide rings is 1. The quantitative estimate of drug-likeness (QED) is 0.245. The van der Waals surface area contributed by atoms with Gasteiger partial charge < -0.3 is 14.6 Å². The van der Waals surface area contributed by atoms with Crippen molar-refractivity contribution < 1.29 is 14.6 Å². The Kier molecular flexibility index (Phi) is 13.1. The first-order chi connectivity index (χ1) is 12.2. The number of hydrogen-bond acceptors (Lipinski definition) is 3. The van der Waals surface area contributed by atoms with Crippen molar-refractivity contribution in [2.45, 2.75) is 129 Å². The molecule has 1 fully saturated rings. The van der Waals surface area contributed by atoms with Crippen LogP contribution in [0.3, 0.4) is 0 Å². The van der Waals surface area contributed by atoms with Crippen molar-refractivity contribution in [3.63, 3.8) is 0 Å². The summed E-state index contributed by atoms with van der Waals surface area (Å²) < 4.78 is 5.78. The summed E-state index contributed by atoms with van der Waals surface area (Å²) >= 11 is 0. The van der Waals surface area contributed by atoms with Crippen LogP contribution < -0.4 is 5.11 Å². The number of ether oxygens (including phenoxy) is 1. The second-order valence-electron chi connectivity index (χ2n) is 7.92. The van der Waals surface area contributed by atoms with Crippen LogP contribution in [-0.2, 0) is 9.53 Å². The van der Waals surface area contributed by atoms with Gasteiger partial charge in [0, 0.05) is 5.97 Å². The number of unbranched alkanes of at least 4 members (excludes halogenated alkanes) is 9. The van der Waals surface area contributed by atoms with E-state index < -0.39 is 5.97 Å². The first kappa shape index (κ1) is 22.5. The van der Waals surface area contributed by atoms with E-state index in [2.05, 4.69) is 13.8 Å². The van der Waals surface area contributed by atoms with Gasteiger partial charge in [-0.15, -0.1) is 0 Å². The molecule has 1 rings (SSSR count). The maximum atomic E-state index is 11.1. The van der Waals surface area contributed by atoms with Crippen LogP contribution in [0.2, 0.25) is 0 Å². The standard InChI is InChI=1S/C22H42O3/c1-3-5-7-8-9-13-17-20-21(25-20)18-14-11-10-12-16-19(22(23)24)15-6-4-2/h19-21H,3-18H2,1-2H3,(H,23,24)/p-1. The highest BCUT2D eigenvalue weighted by Crippen LogP contribution is 2.32. The van der Waals surface area contributed by atoms with Gasteiger partial charge in [-0.1, -0.05) is 90.9 Å². The van der Waals surface area contributed by atoms with Crippen LogP contribution in [-0.4, -0.2) is 18.2 Å². The van der Waals surface area contributed by atoms with Crippen LogP contribution in [0, 0.1) is 5.92 Å². The second kappa shape index (κ2) is 14.6. The van der Waals surface area contributed by atoms with E-state index >= 15 is 0 Å². The molecule has 1 aliphatic heterocycles. The number of hydrogen-bond donors (Lipinski definition) is 0. The van der Waals surface area contributed by atoms with Crippen molar-refractivity contribution in [1.29, 1.82) is 0 Å². The Morgan fingerprint density at radius 2 is 1.24 bits per heavy atom. The number of rotatable bonds is 18. The van der Waals surface area contributed by atoms with Gasteiger partial charge in [-0.25, -0.2) is 0 Å². The highest BCUT2D eigenvalue weighted by atomic mass is 16.6. The second-order valence-corrected chi connectivity index (χ2v) is 7.92. The summed E-state index contributed by atoms with van der Waals surface area (Å²) in [6.45, 7) is 4.36. The van der Waals surface area contributed by atoms with Gasteiger partial charge in [0.15, 0.2) is 0 Å². The van der Waals surface area contributed by atoms with Gasteiger partial charge in [-0.05, 0) is 31.6 Å². The molecule has 0 radical (unpaired) electrons. The molecule has 0 aromatic heterocycles. The van der Waals surface area contributed by atoms with E-state index in [1.165, 1.54) is 64.2 Å². The largest absolute Gasteiger partial charge is 0.550 e. The molecule has 3 atom stereocenters. The Morgan fingerprint density at radius 3 is 1.80 bits per heavy atom. The van der Waals surface area contributed by atoms with Crippen LogP contribution >= 0.6 is 0 Å². The summed E-state index contributed by atoms with van der Waals surface area (Å²) in [5.74, 6) is -1.08. The third-order valence-electron chi connectivity index (χ3n) is 5.56. The van der Waals surface area contributed by atoms with Crippen molar-refractivity contribution in [3.05, 3.63) is 0 Å². The lowest BCUT2D eigenvalue weighted by molar-refractivity contribution is -0.312. The zero-order chi connectivity index (χ0) is 18.3. The molecule has 1 aliphatic rings. The predicted octanol–water partition coefficient (Wildman–Crippen LogP) is 5.40. The first-order valence-electron chi connectivity index (χ1n) is 11.0. The van der Waals surface area contributed by atoms with E-state index in [9.17, 15) is 9.90 Å². The topological polar surface area (TPSA) is 52.7 Å². The summed E-state index contributed by atoms with van der Waals surface area (Å²) in [5.41, 5.74) is 0. The minimum absolute atomic E-state index is 0.228. The molecule has 148 valence electrons. The zero-order valence-electron chi connectivity index (χ0n) is 16.8. The Hall–Kier alpha value is -0.570. The minimum atomic E-state index is -0.850. The van der Waals surface area contributed by atoms with E-state index in [1.54, 1.807) is 0 Å². The lowest BCUT2D eigenvalue weighted by Gasteiger charge is -2.17. The van der Waals surface area contributed by atoms with Crippen LogP contribution in [0.5, 0.6) is 0 Å². The van der Waals surface area contributed by atoms with Crippen LogP contribution in [0.1, 0.15) is 117 Å². The van der Waals surface area contributed by atoms with Gasteiger partial charge in [0.1, 0.15) is 0 Å². The molecule has 0 N–H and O–H groups in total. The van der Waals surface area contributed by atoms with E-state index in [-0.39, 0.29) is 5.92 Å². The lowest BCUT2D eigenvalue weighted by Crippen LogP contribution is -2.31. The molecule has 0 spiro atoms. The van der Waals surface area contributed by atoms with Crippen molar-refractivity contribution >= 4 is 5.97 Å². The molecule has 1 saturated heterocycles.